The largest absolute Gasteiger partial charge is 0.0895 e. The lowest BCUT2D eigenvalue weighted by Gasteiger charge is -2.16. The minimum absolute atomic E-state index is 0.590. The van der Waals surface area contributed by atoms with E-state index in [1.807, 2.05) is 11.8 Å². The van der Waals surface area contributed by atoms with Crippen LogP contribution >= 0.6 is 11.8 Å². The molecule has 3 rings (SSSR count). The molecule has 0 atom stereocenters. The van der Waals surface area contributed by atoms with Gasteiger partial charge in [0.05, 0.1) is 0 Å². The van der Waals surface area contributed by atoms with Crippen molar-refractivity contribution in [2.75, 3.05) is 0 Å². The van der Waals surface area contributed by atoms with Gasteiger partial charge in [0.25, 0.3) is 0 Å². The van der Waals surface area contributed by atoms with Crippen LogP contribution in [0.1, 0.15) is 42.9 Å². The van der Waals surface area contributed by atoms with E-state index < -0.39 is 0 Å². The van der Waals surface area contributed by atoms with Crippen LogP contribution in [0.2, 0.25) is 0 Å². The summed E-state index contributed by atoms with van der Waals surface area (Å²) in [6, 6.07) is 19.7. The fourth-order valence-corrected chi connectivity index (χ4v) is 3.57. The molecule has 0 radical (unpaired) electrons. The highest BCUT2D eigenvalue weighted by molar-refractivity contribution is 8.16. The van der Waals surface area contributed by atoms with Gasteiger partial charge in [-0.1, -0.05) is 92.4 Å². The highest BCUT2D eigenvalue weighted by Gasteiger charge is 2.12. The third-order valence-electron chi connectivity index (χ3n) is 3.75. The molecule has 1 heterocycles. The van der Waals surface area contributed by atoms with Gasteiger partial charge in [0, 0.05) is 9.81 Å². The zero-order chi connectivity index (χ0) is 14.7. The van der Waals surface area contributed by atoms with Gasteiger partial charge in [-0.3, -0.25) is 0 Å². The van der Waals surface area contributed by atoms with Crippen molar-refractivity contribution in [3.05, 3.63) is 83.4 Å². The summed E-state index contributed by atoms with van der Waals surface area (Å²) < 4.78 is 0. The molecule has 0 amide bonds. The number of allylic oxidation sites excluding steroid dienone is 2. The van der Waals surface area contributed by atoms with Crippen LogP contribution in [0.15, 0.2) is 66.7 Å². The molecule has 0 saturated heterocycles. The molecule has 1 aliphatic heterocycles. The third-order valence-corrected chi connectivity index (χ3v) is 4.99. The number of hydrogen-bond acceptors (Lipinski definition) is 1. The first kappa shape index (κ1) is 14.2. The van der Waals surface area contributed by atoms with E-state index in [9.17, 15) is 0 Å². The molecule has 1 heteroatoms. The SMILES string of the molecule is CC(C)c1ccc(C2=CCC=C(c3ccccc3)S2)cc1. The van der Waals surface area contributed by atoms with Gasteiger partial charge >= 0.3 is 0 Å². The third kappa shape index (κ3) is 3.30. The van der Waals surface area contributed by atoms with Gasteiger partial charge < -0.3 is 0 Å². The van der Waals surface area contributed by atoms with Crippen LogP contribution in [-0.2, 0) is 0 Å². The minimum Gasteiger partial charge on any atom is -0.0895 e. The first-order valence-corrected chi connectivity index (χ1v) is 8.29. The van der Waals surface area contributed by atoms with E-state index in [4.69, 9.17) is 0 Å². The summed E-state index contributed by atoms with van der Waals surface area (Å²) in [5.41, 5.74) is 4.04. The first-order valence-electron chi connectivity index (χ1n) is 7.48. The lowest BCUT2D eigenvalue weighted by molar-refractivity contribution is 0.866. The molecular weight excluding hydrogens is 272 g/mol. The van der Waals surface area contributed by atoms with Crippen LogP contribution in [0.4, 0.5) is 0 Å². The summed E-state index contributed by atoms with van der Waals surface area (Å²) in [5.74, 6) is 0.590. The van der Waals surface area contributed by atoms with Gasteiger partial charge in [-0.05, 0) is 29.0 Å². The highest BCUT2D eigenvalue weighted by Crippen LogP contribution is 2.42. The molecule has 0 fully saturated rings. The summed E-state index contributed by atoms with van der Waals surface area (Å²) in [6.07, 6.45) is 5.64. The van der Waals surface area contributed by atoms with Crippen molar-refractivity contribution in [2.45, 2.75) is 26.2 Å². The molecule has 2 aromatic rings. The van der Waals surface area contributed by atoms with E-state index in [0.29, 0.717) is 5.92 Å². The molecule has 0 aliphatic carbocycles. The molecule has 0 unspecified atom stereocenters. The second-order valence-electron chi connectivity index (χ2n) is 5.62. The van der Waals surface area contributed by atoms with Crippen molar-refractivity contribution < 1.29 is 0 Å². The summed E-state index contributed by atoms with van der Waals surface area (Å²) in [7, 11) is 0. The lowest BCUT2D eigenvalue weighted by Crippen LogP contribution is -1.90. The van der Waals surface area contributed by atoms with Gasteiger partial charge in [0.2, 0.25) is 0 Å². The normalized spacial score (nSPS) is 14.8. The maximum Gasteiger partial charge on any atom is 0.0158 e. The summed E-state index contributed by atoms with van der Waals surface area (Å²) in [6.45, 7) is 4.47. The van der Waals surface area contributed by atoms with Gasteiger partial charge in [-0.15, -0.1) is 0 Å². The monoisotopic (exact) mass is 292 g/mol. The Hall–Kier alpha value is -1.73. The molecule has 0 aromatic heterocycles. The van der Waals surface area contributed by atoms with Gasteiger partial charge in [-0.2, -0.15) is 0 Å². The Bertz CT molecular complexity index is 661. The molecule has 0 N–H and O–H groups in total. The molecule has 0 saturated carbocycles. The second kappa shape index (κ2) is 6.36. The Morgan fingerprint density at radius 1 is 0.762 bits per heavy atom. The van der Waals surface area contributed by atoms with E-state index in [1.54, 1.807) is 0 Å². The Balaban J connectivity index is 1.80. The summed E-state index contributed by atoms with van der Waals surface area (Å²) in [5, 5.41) is 0. The molecular formula is C20H20S. The van der Waals surface area contributed by atoms with Crippen molar-refractivity contribution in [1.29, 1.82) is 0 Å². The average molecular weight is 292 g/mol. The predicted octanol–water partition coefficient (Wildman–Crippen LogP) is 6.33. The standard InChI is InChI=1S/C20H20S/c1-15(2)16-11-13-18(14-12-16)20-10-6-9-19(21-20)17-7-4-3-5-8-17/h3-5,7-15H,6H2,1-2H3. The fraction of sp³-hybridized carbons (Fsp3) is 0.200. The Morgan fingerprint density at radius 2 is 1.33 bits per heavy atom. The molecule has 0 nitrogen and oxygen atoms in total. The van der Waals surface area contributed by atoms with Crippen LogP contribution in [-0.4, -0.2) is 0 Å². The highest BCUT2D eigenvalue weighted by atomic mass is 32.2. The van der Waals surface area contributed by atoms with Crippen molar-refractivity contribution in [2.24, 2.45) is 0 Å². The zero-order valence-corrected chi connectivity index (χ0v) is 13.4. The van der Waals surface area contributed by atoms with Crippen LogP contribution < -0.4 is 0 Å². The number of rotatable bonds is 3. The molecule has 106 valence electrons. The van der Waals surface area contributed by atoms with Crippen LogP contribution in [0.3, 0.4) is 0 Å². The Morgan fingerprint density at radius 3 is 1.90 bits per heavy atom. The maximum absolute atomic E-state index is 2.32. The molecule has 0 spiro atoms. The van der Waals surface area contributed by atoms with E-state index in [1.165, 1.54) is 26.5 Å². The topological polar surface area (TPSA) is 0 Å². The van der Waals surface area contributed by atoms with Gasteiger partial charge in [0.1, 0.15) is 0 Å². The molecule has 21 heavy (non-hydrogen) atoms. The Kier molecular flexibility index (Phi) is 4.31. The number of thioether (sulfide) groups is 1. The molecule has 1 aliphatic rings. The maximum atomic E-state index is 2.32. The van der Waals surface area contributed by atoms with E-state index >= 15 is 0 Å². The van der Waals surface area contributed by atoms with Crippen LogP contribution in [0, 0.1) is 0 Å². The zero-order valence-electron chi connectivity index (χ0n) is 12.5. The summed E-state index contributed by atoms with van der Waals surface area (Å²) >= 11 is 1.87. The van der Waals surface area contributed by atoms with Gasteiger partial charge in [-0.25, -0.2) is 0 Å². The van der Waals surface area contributed by atoms with Crippen molar-refractivity contribution >= 4 is 21.6 Å². The lowest BCUT2D eigenvalue weighted by atomic mass is 10.0. The predicted molar refractivity (Wildman–Crippen MR) is 95.1 cm³/mol. The fourth-order valence-electron chi connectivity index (χ4n) is 2.46. The smallest absolute Gasteiger partial charge is 0.0158 e. The van der Waals surface area contributed by atoms with Crippen molar-refractivity contribution in [3.63, 3.8) is 0 Å². The van der Waals surface area contributed by atoms with E-state index in [0.717, 1.165) is 6.42 Å². The second-order valence-corrected chi connectivity index (χ2v) is 6.70. The first-order chi connectivity index (χ1) is 10.2. The average Bonchev–Trinajstić information content (AvgIpc) is 2.56. The number of hydrogen-bond donors (Lipinski definition) is 0. The van der Waals surface area contributed by atoms with Crippen molar-refractivity contribution in [1.82, 2.24) is 0 Å². The molecule has 0 bridgehead atoms. The number of benzene rings is 2. The van der Waals surface area contributed by atoms with Gasteiger partial charge in [0.15, 0.2) is 0 Å². The Labute approximate surface area is 131 Å². The summed E-state index contributed by atoms with van der Waals surface area (Å²) in [4.78, 5) is 2.73. The van der Waals surface area contributed by atoms with Crippen molar-refractivity contribution in [3.8, 4) is 0 Å². The van der Waals surface area contributed by atoms with Crippen LogP contribution in [0.5, 0.6) is 0 Å². The van der Waals surface area contributed by atoms with E-state index in [-0.39, 0.29) is 0 Å². The van der Waals surface area contributed by atoms with Crippen LogP contribution in [0.25, 0.3) is 9.81 Å². The van der Waals surface area contributed by atoms with E-state index in [2.05, 4.69) is 80.6 Å². The quantitative estimate of drug-likeness (QED) is 0.637. The minimum atomic E-state index is 0.590. The molecule has 2 aromatic carbocycles.